The molecule has 0 aliphatic carbocycles. The van der Waals surface area contributed by atoms with Crippen LogP contribution in [-0.2, 0) is 0 Å². The number of nitrogens with zero attached hydrogens (tertiary/aromatic N) is 2. The van der Waals surface area contributed by atoms with Crippen LogP contribution < -0.4 is 0 Å². The average molecular weight is 505 g/mol. The highest BCUT2D eigenvalue weighted by atomic mass is 127. The number of hydrogen-bond acceptors (Lipinski definition) is 2. The number of aromatic nitrogens is 3. The third kappa shape index (κ3) is 3.52. The molecule has 5 heteroatoms. The molecule has 3 aromatic carbocycles. The van der Waals surface area contributed by atoms with Crippen molar-refractivity contribution in [2.45, 2.75) is 0 Å². The minimum Gasteiger partial charge on any atom is -0.339 e. The number of hydrogen-bond donors (Lipinski definition) is 1. The number of imidazole rings is 1. The fraction of sp³-hybridized carbons (Fsp3) is 0. The Labute approximate surface area is 187 Å². The number of halogens is 1. The fourth-order valence-electron chi connectivity index (χ4n) is 3.47. The summed E-state index contributed by atoms with van der Waals surface area (Å²) in [6.07, 6.45) is 3.87. The number of benzene rings is 3. The molecular weight excluding hydrogens is 489 g/mol. The summed E-state index contributed by atoms with van der Waals surface area (Å²) in [7, 11) is 0. The summed E-state index contributed by atoms with van der Waals surface area (Å²) in [6, 6.07) is 27.4. The molecule has 5 rings (SSSR count). The van der Waals surface area contributed by atoms with E-state index in [1.165, 1.54) is 14.7 Å². The van der Waals surface area contributed by atoms with Gasteiger partial charge in [0.1, 0.15) is 5.65 Å². The lowest BCUT2D eigenvalue weighted by molar-refractivity contribution is 1.06. The van der Waals surface area contributed by atoms with Crippen molar-refractivity contribution in [3.05, 3.63) is 99.6 Å². The predicted octanol–water partition coefficient (Wildman–Crippen LogP) is 7.00. The Hall–Kier alpha value is -2.77. The van der Waals surface area contributed by atoms with Crippen molar-refractivity contribution in [3.63, 3.8) is 0 Å². The molecule has 0 bridgehead atoms. The molecule has 140 valence electrons. The molecule has 0 atom stereocenters. The first-order valence-electron chi connectivity index (χ1n) is 9.21. The quantitative estimate of drug-likeness (QED) is 0.212. The van der Waals surface area contributed by atoms with Crippen LogP contribution >= 0.6 is 34.8 Å². The Morgan fingerprint density at radius 3 is 2.10 bits per heavy atom. The highest BCUT2D eigenvalue weighted by Gasteiger charge is 2.10. The van der Waals surface area contributed by atoms with E-state index in [0.29, 0.717) is 4.77 Å². The van der Waals surface area contributed by atoms with E-state index in [1.807, 2.05) is 22.9 Å². The summed E-state index contributed by atoms with van der Waals surface area (Å²) in [6.45, 7) is 0. The van der Waals surface area contributed by atoms with Gasteiger partial charge in [0, 0.05) is 21.5 Å². The Morgan fingerprint density at radius 2 is 1.38 bits per heavy atom. The van der Waals surface area contributed by atoms with Gasteiger partial charge in [0.2, 0.25) is 4.77 Å². The summed E-state index contributed by atoms with van der Waals surface area (Å²) >= 11 is 7.78. The Bertz CT molecular complexity index is 1350. The highest BCUT2D eigenvalue weighted by molar-refractivity contribution is 14.1. The van der Waals surface area contributed by atoms with Crippen molar-refractivity contribution < 1.29 is 0 Å². The van der Waals surface area contributed by atoms with Crippen molar-refractivity contribution in [2.75, 3.05) is 0 Å². The topological polar surface area (TPSA) is 33.1 Å². The maximum Gasteiger partial charge on any atom is 0.205 e. The molecule has 0 aliphatic heterocycles. The largest absolute Gasteiger partial charge is 0.339 e. The molecule has 0 amide bonds. The number of nitrogens with one attached hydrogen (secondary N) is 1. The summed E-state index contributed by atoms with van der Waals surface area (Å²) < 4.78 is 3.69. The molecule has 5 aromatic rings. The molecule has 0 fully saturated rings. The number of H-pyrrole nitrogens is 1. The second-order valence-corrected chi connectivity index (χ2v) is 8.40. The minimum atomic E-state index is 0.540. The van der Waals surface area contributed by atoms with Gasteiger partial charge in [-0.3, -0.25) is 4.40 Å². The number of fused-ring (bicyclic) bond motifs is 1. The van der Waals surface area contributed by atoms with Crippen LogP contribution in [-0.4, -0.2) is 14.4 Å². The van der Waals surface area contributed by atoms with Gasteiger partial charge in [-0.1, -0.05) is 66.7 Å². The lowest BCUT2D eigenvalue weighted by atomic mass is 10.0. The van der Waals surface area contributed by atoms with E-state index in [2.05, 4.69) is 105 Å². The average Bonchev–Trinajstić information content (AvgIpc) is 3.22. The molecule has 29 heavy (non-hydrogen) atoms. The first-order chi connectivity index (χ1) is 14.2. The normalized spacial score (nSPS) is 11.1. The predicted molar refractivity (Wildman–Crippen MR) is 129 cm³/mol. The lowest BCUT2D eigenvalue weighted by Gasteiger charge is -2.04. The van der Waals surface area contributed by atoms with Gasteiger partial charge in [-0.05, 0) is 69.2 Å². The third-order valence-electron chi connectivity index (χ3n) is 4.98. The lowest BCUT2D eigenvalue weighted by Crippen LogP contribution is -1.92. The van der Waals surface area contributed by atoms with Crippen LogP contribution in [0.5, 0.6) is 0 Å². The monoisotopic (exact) mass is 505 g/mol. The smallest absolute Gasteiger partial charge is 0.205 e. The van der Waals surface area contributed by atoms with Crippen molar-refractivity contribution in [1.29, 1.82) is 0 Å². The van der Waals surface area contributed by atoms with Crippen molar-refractivity contribution in [3.8, 4) is 33.5 Å². The molecule has 1 N–H and O–H groups in total. The van der Waals surface area contributed by atoms with Crippen molar-refractivity contribution >= 4 is 40.5 Å². The summed E-state index contributed by atoms with van der Waals surface area (Å²) in [5.41, 5.74) is 7.62. The van der Waals surface area contributed by atoms with Gasteiger partial charge in [-0.2, -0.15) is 0 Å². The molecule has 0 saturated carbocycles. The number of aromatic amines is 1. The van der Waals surface area contributed by atoms with Gasteiger partial charge < -0.3 is 4.98 Å². The number of rotatable bonds is 3. The SMILES string of the molecule is S=c1ncc(-c2ccc(I)cc2)c2[nH]c(-c3ccc(-c4ccccc4)cc3)cn12. The molecule has 2 aromatic heterocycles. The van der Waals surface area contributed by atoms with Crippen LogP contribution in [0.2, 0.25) is 0 Å². The van der Waals surface area contributed by atoms with Crippen LogP contribution in [0.15, 0.2) is 91.3 Å². The summed E-state index contributed by atoms with van der Waals surface area (Å²) in [5, 5.41) is 0. The van der Waals surface area contributed by atoms with E-state index >= 15 is 0 Å². The second kappa shape index (κ2) is 7.57. The van der Waals surface area contributed by atoms with E-state index in [9.17, 15) is 0 Å². The highest BCUT2D eigenvalue weighted by Crippen LogP contribution is 2.28. The maximum absolute atomic E-state index is 5.46. The minimum absolute atomic E-state index is 0.540. The van der Waals surface area contributed by atoms with Crippen molar-refractivity contribution in [2.24, 2.45) is 0 Å². The second-order valence-electron chi connectivity index (χ2n) is 6.79. The van der Waals surface area contributed by atoms with E-state index in [1.54, 1.807) is 0 Å². The molecule has 0 unspecified atom stereocenters. The Morgan fingerprint density at radius 1 is 0.759 bits per heavy atom. The van der Waals surface area contributed by atoms with Gasteiger partial charge in [0.15, 0.2) is 0 Å². The summed E-state index contributed by atoms with van der Waals surface area (Å²) in [5.74, 6) is 0. The fourth-order valence-corrected chi connectivity index (χ4v) is 4.02. The van der Waals surface area contributed by atoms with Gasteiger partial charge >= 0.3 is 0 Å². The van der Waals surface area contributed by atoms with Crippen LogP contribution in [0.3, 0.4) is 0 Å². The van der Waals surface area contributed by atoms with Gasteiger partial charge in [0.05, 0.1) is 5.69 Å². The molecule has 2 heterocycles. The van der Waals surface area contributed by atoms with Gasteiger partial charge in [-0.15, -0.1) is 0 Å². The molecule has 0 saturated heterocycles. The first-order valence-corrected chi connectivity index (χ1v) is 10.7. The summed E-state index contributed by atoms with van der Waals surface area (Å²) in [4.78, 5) is 7.97. The molecule has 3 nitrogen and oxygen atoms in total. The third-order valence-corrected chi connectivity index (χ3v) is 6.00. The zero-order chi connectivity index (χ0) is 19.8. The first kappa shape index (κ1) is 18.3. The standard InChI is InChI=1S/C24H16IN3S/c25-20-12-10-18(11-13-20)21-14-26-24(29)28-15-22(27-23(21)28)19-8-6-17(7-9-19)16-4-2-1-3-5-16/h1-15,27H. The van der Waals surface area contributed by atoms with Crippen molar-refractivity contribution in [1.82, 2.24) is 14.4 Å². The maximum atomic E-state index is 5.46. The zero-order valence-corrected chi connectivity index (χ0v) is 18.3. The molecule has 0 aliphatic rings. The van der Waals surface area contributed by atoms with E-state index in [0.717, 1.165) is 28.0 Å². The van der Waals surface area contributed by atoms with E-state index in [-0.39, 0.29) is 0 Å². The van der Waals surface area contributed by atoms with Gasteiger partial charge in [-0.25, -0.2) is 4.98 Å². The van der Waals surface area contributed by atoms with Crippen LogP contribution in [0, 0.1) is 8.34 Å². The van der Waals surface area contributed by atoms with Crippen LogP contribution in [0.25, 0.3) is 39.2 Å². The Balaban J connectivity index is 1.60. The van der Waals surface area contributed by atoms with E-state index < -0.39 is 0 Å². The molecule has 0 spiro atoms. The Kier molecular flexibility index (Phi) is 4.77. The van der Waals surface area contributed by atoms with E-state index in [4.69, 9.17) is 12.2 Å². The molecular formula is C24H16IN3S. The zero-order valence-electron chi connectivity index (χ0n) is 15.3. The van der Waals surface area contributed by atoms with Gasteiger partial charge in [0.25, 0.3) is 0 Å². The van der Waals surface area contributed by atoms with Crippen LogP contribution in [0.4, 0.5) is 0 Å². The van der Waals surface area contributed by atoms with Crippen LogP contribution in [0.1, 0.15) is 0 Å². The molecule has 0 radical (unpaired) electrons.